The summed E-state index contributed by atoms with van der Waals surface area (Å²) in [5, 5.41) is 0. The Balaban J connectivity index is 2.59. The van der Waals surface area contributed by atoms with Crippen LogP contribution in [0.3, 0.4) is 0 Å². The van der Waals surface area contributed by atoms with Crippen molar-refractivity contribution in [2.75, 3.05) is 28.3 Å². The fourth-order valence-corrected chi connectivity index (χ4v) is 6.31. The molecule has 2 rings (SSSR count). The fourth-order valence-electron chi connectivity index (χ4n) is 6.31. The van der Waals surface area contributed by atoms with Crippen LogP contribution in [0.25, 0.3) is 0 Å². The van der Waals surface area contributed by atoms with Gasteiger partial charge in [0.25, 0.3) is 0 Å². The molecule has 0 aliphatic carbocycles. The summed E-state index contributed by atoms with van der Waals surface area (Å²) < 4.78 is 30.3. The van der Waals surface area contributed by atoms with E-state index in [4.69, 9.17) is 23.7 Å². The molecule has 2 heterocycles. The van der Waals surface area contributed by atoms with Crippen molar-refractivity contribution in [3.63, 3.8) is 0 Å². The number of allylic oxidation sites excluding steroid dienone is 1. The number of Topliss-reactive ketones (excluding diaryl/α,β-unsaturated/α-hetero) is 2. The highest BCUT2D eigenvalue weighted by molar-refractivity contribution is 6.00. The lowest BCUT2D eigenvalue weighted by molar-refractivity contribution is -0.289. The molecule has 10 atom stereocenters. The largest absolute Gasteiger partial charge is 0.459 e. The molecule has 9 heteroatoms. The molecular formula is C31H53NO8. The van der Waals surface area contributed by atoms with Crippen molar-refractivity contribution in [1.29, 1.82) is 0 Å². The average Bonchev–Trinajstić information content (AvgIpc) is 2.88. The van der Waals surface area contributed by atoms with Crippen molar-refractivity contribution in [3.8, 4) is 0 Å². The molecule has 9 nitrogen and oxygen atoms in total. The van der Waals surface area contributed by atoms with Crippen molar-refractivity contribution in [2.24, 2.45) is 23.2 Å². The van der Waals surface area contributed by atoms with Crippen LogP contribution in [0, 0.1) is 23.2 Å². The third-order valence-electron chi connectivity index (χ3n) is 8.97. The SMILES string of the molecule is COC1C(OC2[C@@H](C)C(=O)[C@@H](C)C(=O)O[C@H](C)C(C)(OC)/C=C(\C)C(=O)C(C)CC2(C)C)O[C@H](C)CC1N(C)C. The smallest absolute Gasteiger partial charge is 0.316 e. The lowest BCUT2D eigenvalue weighted by atomic mass is 9.71. The highest BCUT2D eigenvalue weighted by Gasteiger charge is 2.48. The maximum Gasteiger partial charge on any atom is 0.316 e. The number of esters is 1. The van der Waals surface area contributed by atoms with Gasteiger partial charge in [0.1, 0.15) is 23.7 Å². The summed E-state index contributed by atoms with van der Waals surface area (Å²) >= 11 is 0. The zero-order valence-electron chi connectivity index (χ0n) is 26.9. The molecule has 40 heavy (non-hydrogen) atoms. The van der Waals surface area contributed by atoms with E-state index < -0.39 is 53.4 Å². The molecule has 0 aromatic carbocycles. The van der Waals surface area contributed by atoms with E-state index in [1.807, 2.05) is 41.8 Å². The van der Waals surface area contributed by atoms with Crippen molar-refractivity contribution in [1.82, 2.24) is 4.90 Å². The molecule has 230 valence electrons. The summed E-state index contributed by atoms with van der Waals surface area (Å²) in [6, 6.07) is 0.0464. The quantitative estimate of drug-likeness (QED) is 0.357. The topological polar surface area (TPSA) is 101 Å². The molecule has 2 aliphatic rings. The number of cyclic esters (lactones) is 1. The summed E-state index contributed by atoms with van der Waals surface area (Å²) in [5.41, 5.74) is -1.16. The first kappa shape index (κ1) is 34.6. The zero-order valence-corrected chi connectivity index (χ0v) is 26.9. The minimum Gasteiger partial charge on any atom is -0.459 e. The second kappa shape index (κ2) is 13.6. The van der Waals surface area contributed by atoms with Gasteiger partial charge < -0.3 is 28.6 Å². The number of rotatable bonds is 5. The van der Waals surface area contributed by atoms with E-state index in [0.717, 1.165) is 6.42 Å². The predicted molar refractivity (Wildman–Crippen MR) is 153 cm³/mol. The number of hydrogen-bond donors (Lipinski definition) is 0. The van der Waals surface area contributed by atoms with E-state index in [2.05, 4.69) is 4.90 Å². The van der Waals surface area contributed by atoms with E-state index in [1.165, 1.54) is 7.11 Å². The van der Waals surface area contributed by atoms with Crippen LogP contribution < -0.4 is 0 Å². The molecule has 0 bridgehead atoms. The van der Waals surface area contributed by atoms with Gasteiger partial charge in [0.05, 0.1) is 12.2 Å². The second-order valence-electron chi connectivity index (χ2n) is 13.0. The van der Waals surface area contributed by atoms with Crippen LogP contribution in [0.1, 0.15) is 75.2 Å². The Morgan fingerprint density at radius 1 is 1.00 bits per heavy atom. The van der Waals surface area contributed by atoms with Crippen LogP contribution in [0.2, 0.25) is 0 Å². The zero-order chi connectivity index (χ0) is 30.7. The molecule has 1 saturated heterocycles. The van der Waals surface area contributed by atoms with Gasteiger partial charge in [-0.25, -0.2) is 0 Å². The Kier molecular flexibility index (Phi) is 11.7. The maximum atomic E-state index is 13.8. The molecule has 0 aromatic rings. The van der Waals surface area contributed by atoms with Crippen LogP contribution in [-0.4, -0.2) is 93.1 Å². The molecule has 0 spiro atoms. The van der Waals surface area contributed by atoms with E-state index in [0.29, 0.717) is 12.0 Å². The molecule has 2 aliphatic heterocycles. The Morgan fingerprint density at radius 3 is 2.12 bits per heavy atom. The molecule has 0 aromatic heterocycles. The molecule has 0 saturated carbocycles. The normalized spacial score (nSPS) is 41.7. The van der Waals surface area contributed by atoms with E-state index in [9.17, 15) is 14.4 Å². The van der Waals surface area contributed by atoms with Crippen molar-refractivity contribution in [2.45, 2.75) is 118 Å². The molecule has 0 N–H and O–H groups in total. The summed E-state index contributed by atoms with van der Waals surface area (Å²) in [4.78, 5) is 42.6. The Morgan fingerprint density at radius 2 is 1.60 bits per heavy atom. The van der Waals surface area contributed by atoms with Gasteiger partial charge in [0.15, 0.2) is 17.9 Å². The number of ketones is 2. The molecule has 1 fully saturated rings. The number of methoxy groups -OCH3 is 2. The van der Waals surface area contributed by atoms with Gasteiger partial charge in [-0.2, -0.15) is 0 Å². The minimum atomic E-state index is -1.04. The van der Waals surface area contributed by atoms with Crippen LogP contribution >= 0.6 is 0 Å². The van der Waals surface area contributed by atoms with Crippen LogP contribution in [0.15, 0.2) is 11.6 Å². The Hall–Kier alpha value is -1.65. The van der Waals surface area contributed by atoms with Crippen molar-refractivity contribution < 1.29 is 38.1 Å². The summed E-state index contributed by atoms with van der Waals surface area (Å²) in [6.07, 6.45) is 0.315. The number of likely N-dealkylation sites (N-methyl/N-ethyl adjacent to an activating group) is 1. The van der Waals surface area contributed by atoms with E-state index in [1.54, 1.807) is 47.8 Å². The second-order valence-corrected chi connectivity index (χ2v) is 13.0. The number of nitrogens with zero attached hydrogens (tertiary/aromatic N) is 1. The van der Waals surface area contributed by atoms with Gasteiger partial charge in [0.2, 0.25) is 0 Å². The molecule has 6 unspecified atom stereocenters. The van der Waals surface area contributed by atoms with Crippen molar-refractivity contribution >= 4 is 17.5 Å². The maximum absolute atomic E-state index is 13.8. The Labute approximate surface area is 241 Å². The predicted octanol–water partition coefficient (Wildman–Crippen LogP) is 4.21. The number of hydrogen-bond acceptors (Lipinski definition) is 9. The number of ether oxygens (including phenoxy) is 5. The van der Waals surface area contributed by atoms with E-state index >= 15 is 0 Å². The standard InChI is InChI=1S/C31H53NO8/c1-17-15-30(7,8)27(40-29-26(36-12)23(32(10)11)14-19(3)38-29)20(4)25(34)21(5)28(35)39-22(6)31(9,37-13)16-18(2)24(17)33/h16-17,19-23,26-27,29H,14-15H2,1-13H3/b18-16+/t17?,19-,20+,21-,22-,23?,26?,27?,29?,31?/m1/s1. The first-order chi connectivity index (χ1) is 18.4. The highest BCUT2D eigenvalue weighted by atomic mass is 16.7. The van der Waals surface area contributed by atoms with Gasteiger partial charge in [0, 0.05) is 32.1 Å². The lowest BCUT2D eigenvalue weighted by Crippen LogP contribution is -2.57. The molecular weight excluding hydrogens is 514 g/mol. The molecule has 0 radical (unpaired) electrons. The number of carbonyl (C=O) groups is 3. The van der Waals surface area contributed by atoms with Gasteiger partial charge >= 0.3 is 5.97 Å². The Bertz CT molecular complexity index is 946. The summed E-state index contributed by atoms with van der Waals surface area (Å²) in [6.45, 7) is 16.5. The van der Waals surface area contributed by atoms with Gasteiger partial charge in [-0.1, -0.05) is 27.7 Å². The van der Waals surface area contributed by atoms with Crippen LogP contribution in [0.4, 0.5) is 0 Å². The average molecular weight is 568 g/mol. The highest BCUT2D eigenvalue weighted by Crippen LogP contribution is 2.40. The van der Waals surface area contributed by atoms with Crippen molar-refractivity contribution in [3.05, 3.63) is 11.6 Å². The van der Waals surface area contributed by atoms with Gasteiger partial charge in [-0.3, -0.25) is 14.4 Å². The van der Waals surface area contributed by atoms with Crippen LogP contribution in [-0.2, 0) is 38.1 Å². The summed E-state index contributed by atoms with van der Waals surface area (Å²) in [7, 11) is 7.13. The minimum absolute atomic E-state index is 0.0389. The van der Waals surface area contributed by atoms with E-state index in [-0.39, 0.29) is 29.6 Å². The monoisotopic (exact) mass is 567 g/mol. The first-order valence-corrected chi connectivity index (χ1v) is 14.4. The van der Waals surface area contributed by atoms with Gasteiger partial charge in [-0.05, 0) is 78.6 Å². The molecule has 0 amide bonds. The van der Waals surface area contributed by atoms with Crippen LogP contribution in [0.5, 0.6) is 0 Å². The summed E-state index contributed by atoms with van der Waals surface area (Å²) in [5.74, 6) is -3.05. The number of carbonyl (C=O) groups excluding carboxylic acids is 3. The van der Waals surface area contributed by atoms with Gasteiger partial charge in [-0.15, -0.1) is 0 Å². The third-order valence-corrected chi connectivity index (χ3v) is 8.97. The third kappa shape index (κ3) is 7.59. The lowest BCUT2D eigenvalue weighted by Gasteiger charge is -2.47. The first-order valence-electron chi connectivity index (χ1n) is 14.4. The fraction of sp³-hybridized carbons (Fsp3) is 0.839.